The Morgan fingerprint density at radius 2 is 2.33 bits per heavy atom. The highest BCUT2D eigenvalue weighted by Crippen LogP contribution is 2.25. The maximum Gasteiger partial charge on any atom is 0.335 e. The van der Waals surface area contributed by atoms with Crippen molar-refractivity contribution in [2.75, 3.05) is 6.61 Å². The molecular formula is C9H8O3. The fourth-order valence-corrected chi connectivity index (χ4v) is 1.30. The van der Waals surface area contributed by atoms with E-state index in [2.05, 4.69) is 0 Å². The summed E-state index contributed by atoms with van der Waals surface area (Å²) in [5, 5.41) is 8.66. The molecule has 1 aromatic rings. The molecule has 0 bridgehead atoms. The van der Waals surface area contributed by atoms with Crippen LogP contribution in [-0.4, -0.2) is 17.7 Å². The van der Waals surface area contributed by atoms with E-state index in [-0.39, 0.29) is 5.56 Å². The zero-order valence-corrected chi connectivity index (χ0v) is 6.41. The van der Waals surface area contributed by atoms with Crippen molar-refractivity contribution < 1.29 is 14.6 Å². The molecule has 3 nitrogen and oxygen atoms in total. The highest BCUT2D eigenvalue weighted by atomic mass is 16.5. The van der Waals surface area contributed by atoms with Gasteiger partial charge in [-0.1, -0.05) is 6.07 Å². The summed E-state index contributed by atoms with van der Waals surface area (Å²) >= 11 is 0. The van der Waals surface area contributed by atoms with Gasteiger partial charge in [-0.3, -0.25) is 0 Å². The van der Waals surface area contributed by atoms with E-state index in [9.17, 15) is 4.79 Å². The predicted octanol–water partition coefficient (Wildman–Crippen LogP) is 1.32. The molecule has 0 spiro atoms. The minimum atomic E-state index is -0.909. The van der Waals surface area contributed by atoms with Crippen molar-refractivity contribution in [3.63, 3.8) is 0 Å². The Bertz CT molecular complexity index is 331. The van der Waals surface area contributed by atoms with Crippen LogP contribution in [0.2, 0.25) is 0 Å². The smallest absolute Gasteiger partial charge is 0.335 e. The zero-order chi connectivity index (χ0) is 8.55. The van der Waals surface area contributed by atoms with Crippen LogP contribution in [0.25, 0.3) is 0 Å². The molecule has 0 saturated carbocycles. The van der Waals surface area contributed by atoms with Gasteiger partial charge in [0.05, 0.1) is 12.2 Å². The quantitative estimate of drug-likeness (QED) is 0.680. The number of rotatable bonds is 1. The third-order valence-electron chi connectivity index (χ3n) is 1.94. The van der Waals surface area contributed by atoms with E-state index in [4.69, 9.17) is 9.84 Å². The average molecular weight is 164 g/mol. The lowest BCUT2D eigenvalue weighted by Crippen LogP contribution is -1.95. The molecule has 1 heterocycles. The first-order valence-electron chi connectivity index (χ1n) is 3.76. The van der Waals surface area contributed by atoms with E-state index in [0.717, 1.165) is 17.7 Å². The van der Waals surface area contributed by atoms with Crippen LogP contribution in [0, 0.1) is 0 Å². The molecule has 12 heavy (non-hydrogen) atoms. The SMILES string of the molecule is O=C(O)c1ccc2c(c1)OCC2. The normalized spacial score (nSPS) is 13.7. The van der Waals surface area contributed by atoms with Gasteiger partial charge in [0.2, 0.25) is 0 Å². The molecule has 0 radical (unpaired) electrons. The number of hydrogen-bond acceptors (Lipinski definition) is 2. The van der Waals surface area contributed by atoms with E-state index in [0.29, 0.717) is 6.61 Å². The fraction of sp³-hybridized carbons (Fsp3) is 0.222. The number of ether oxygens (including phenoxy) is 1. The molecule has 3 heteroatoms. The van der Waals surface area contributed by atoms with Gasteiger partial charge in [-0.15, -0.1) is 0 Å². The second-order valence-corrected chi connectivity index (χ2v) is 2.73. The Balaban J connectivity index is 2.45. The highest BCUT2D eigenvalue weighted by Gasteiger charge is 2.13. The summed E-state index contributed by atoms with van der Waals surface area (Å²) in [5.74, 6) is -0.191. The van der Waals surface area contributed by atoms with Crippen molar-refractivity contribution >= 4 is 5.97 Å². The van der Waals surface area contributed by atoms with Crippen LogP contribution in [0.1, 0.15) is 15.9 Å². The van der Waals surface area contributed by atoms with Crippen LogP contribution in [-0.2, 0) is 6.42 Å². The monoisotopic (exact) mass is 164 g/mol. The van der Waals surface area contributed by atoms with Gasteiger partial charge in [0.25, 0.3) is 0 Å². The maximum absolute atomic E-state index is 10.5. The van der Waals surface area contributed by atoms with Crippen molar-refractivity contribution in [2.45, 2.75) is 6.42 Å². The molecule has 2 rings (SSSR count). The highest BCUT2D eigenvalue weighted by molar-refractivity contribution is 5.88. The van der Waals surface area contributed by atoms with E-state index in [1.165, 1.54) is 0 Å². The first-order valence-corrected chi connectivity index (χ1v) is 3.76. The fourth-order valence-electron chi connectivity index (χ4n) is 1.30. The number of aromatic carboxylic acids is 1. The summed E-state index contributed by atoms with van der Waals surface area (Å²) in [4.78, 5) is 10.5. The third kappa shape index (κ3) is 1.03. The second kappa shape index (κ2) is 2.52. The maximum atomic E-state index is 10.5. The van der Waals surface area contributed by atoms with Crippen molar-refractivity contribution in [1.29, 1.82) is 0 Å². The summed E-state index contributed by atoms with van der Waals surface area (Å²) in [7, 11) is 0. The van der Waals surface area contributed by atoms with E-state index >= 15 is 0 Å². The summed E-state index contributed by atoms with van der Waals surface area (Å²) in [5.41, 5.74) is 1.38. The molecule has 1 aromatic carbocycles. The van der Waals surface area contributed by atoms with Crippen LogP contribution < -0.4 is 4.74 Å². The minimum absolute atomic E-state index is 0.288. The second-order valence-electron chi connectivity index (χ2n) is 2.73. The average Bonchev–Trinajstić information content (AvgIpc) is 2.49. The predicted molar refractivity (Wildman–Crippen MR) is 42.6 cm³/mol. The lowest BCUT2D eigenvalue weighted by Gasteiger charge is -1.99. The van der Waals surface area contributed by atoms with Gasteiger partial charge < -0.3 is 9.84 Å². The van der Waals surface area contributed by atoms with Gasteiger partial charge in [0.15, 0.2) is 0 Å². The molecular weight excluding hydrogens is 156 g/mol. The summed E-state index contributed by atoms with van der Waals surface area (Å²) in [6.07, 6.45) is 0.884. The van der Waals surface area contributed by atoms with Gasteiger partial charge in [-0.05, 0) is 17.7 Å². The first kappa shape index (κ1) is 7.16. The van der Waals surface area contributed by atoms with Gasteiger partial charge in [-0.25, -0.2) is 4.79 Å². The molecule has 0 atom stereocenters. The minimum Gasteiger partial charge on any atom is -0.493 e. The lowest BCUT2D eigenvalue weighted by atomic mass is 10.1. The molecule has 62 valence electrons. The van der Waals surface area contributed by atoms with Crippen LogP contribution in [0.15, 0.2) is 18.2 Å². The Morgan fingerprint density at radius 1 is 1.50 bits per heavy atom. The third-order valence-corrected chi connectivity index (χ3v) is 1.94. The molecule has 1 N–H and O–H groups in total. The standard InChI is InChI=1S/C9H8O3/c10-9(11)7-2-1-6-3-4-12-8(6)5-7/h1-2,5H,3-4H2,(H,10,11). The van der Waals surface area contributed by atoms with Crippen molar-refractivity contribution in [3.8, 4) is 5.75 Å². The van der Waals surface area contributed by atoms with Crippen LogP contribution in [0.5, 0.6) is 5.75 Å². The lowest BCUT2D eigenvalue weighted by molar-refractivity contribution is 0.0696. The van der Waals surface area contributed by atoms with Gasteiger partial charge in [0.1, 0.15) is 5.75 Å². The number of carboxylic acid groups (broad SMARTS) is 1. The molecule has 0 unspecified atom stereocenters. The van der Waals surface area contributed by atoms with Gasteiger partial charge >= 0.3 is 5.97 Å². The Labute approximate surface area is 69.6 Å². The first-order chi connectivity index (χ1) is 5.77. The molecule has 0 fully saturated rings. The van der Waals surface area contributed by atoms with Gasteiger partial charge in [0, 0.05) is 6.42 Å². The summed E-state index contributed by atoms with van der Waals surface area (Å²) in [6.45, 7) is 0.665. The van der Waals surface area contributed by atoms with Crippen LogP contribution in [0.4, 0.5) is 0 Å². The van der Waals surface area contributed by atoms with Crippen LogP contribution >= 0.6 is 0 Å². The molecule has 1 aliphatic rings. The Hall–Kier alpha value is -1.51. The van der Waals surface area contributed by atoms with E-state index in [1.807, 2.05) is 6.07 Å². The molecule has 1 aliphatic heterocycles. The number of carboxylic acids is 1. The number of hydrogen-bond donors (Lipinski definition) is 1. The number of benzene rings is 1. The van der Waals surface area contributed by atoms with E-state index in [1.54, 1.807) is 12.1 Å². The molecule has 0 aliphatic carbocycles. The van der Waals surface area contributed by atoms with Gasteiger partial charge in [-0.2, -0.15) is 0 Å². The largest absolute Gasteiger partial charge is 0.493 e. The van der Waals surface area contributed by atoms with Crippen molar-refractivity contribution in [2.24, 2.45) is 0 Å². The molecule has 0 saturated heterocycles. The Kier molecular flexibility index (Phi) is 1.50. The molecule has 0 aromatic heterocycles. The summed E-state index contributed by atoms with van der Waals surface area (Å²) < 4.78 is 5.23. The van der Waals surface area contributed by atoms with Crippen molar-refractivity contribution in [3.05, 3.63) is 29.3 Å². The molecule has 0 amide bonds. The zero-order valence-electron chi connectivity index (χ0n) is 6.41. The number of fused-ring (bicyclic) bond motifs is 1. The van der Waals surface area contributed by atoms with Crippen LogP contribution in [0.3, 0.4) is 0 Å². The van der Waals surface area contributed by atoms with Crippen molar-refractivity contribution in [1.82, 2.24) is 0 Å². The summed E-state index contributed by atoms with van der Waals surface area (Å²) in [6, 6.07) is 4.99. The number of carbonyl (C=O) groups is 1. The Morgan fingerprint density at radius 3 is 3.08 bits per heavy atom. The topological polar surface area (TPSA) is 46.5 Å². The van der Waals surface area contributed by atoms with E-state index < -0.39 is 5.97 Å².